The highest BCUT2D eigenvalue weighted by Crippen LogP contribution is 2.36. The van der Waals surface area contributed by atoms with Gasteiger partial charge in [0.05, 0.1) is 11.4 Å². The molecular weight excluding hydrogens is 426 g/mol. The molecule has 6 aromatic rings. The van der Waals surface area contributed by atoms with Gasteiger partial charge in [-0.15, -0.1) is 0 Å². The molecule has 0 aliphatic heterocycles. The van der Waals surface area contributed by atoms with E-state index in [-0.39, 0.29) is 0 Å². The summed E-state index contributed by atoms with van der Waals surface area (Å²) in [5.41, 5.74) is 8.94. The smallest absolute Gasteiger partial charge is 0.137 e. The lowest BCUT2D eigenvalue weighted by molar-refractivity contribution is 1.03. The van der Waals surface area contributed by atoms with Crippen LogP contribution >= 0.6 is 0 Å². The predicted molar refractivity (Wildman–Crippen MR) is 145 cm³/mol. The molecule has 0 N–H and O–H groups in total. The maximum absolute atomic E-state index is 5.02. The van der Waals surface area contributed by atoms with E-state index in [0.717, 1.165) is 40.4 Å². The van der Waals surface area contributed by atoms with Gasteiger partial charge >= 0.3 is 0 Å². The van der Waals surface area contributed by atoms with Gasteiger partial charge < -0.3 is 9.30 Å². The number of nitrogens with zero attached hydrogens (tertiary/aromatic N) is 3. The number of rotatable bonds is 6. The molecule has 2 heterocycles. The Morgan fingerprint density at radius 3 is 1.71 bits per heavy atom. The normalized spacial score (nSPS) is 11.0. The molecule has 0 bridgehead atoms. The summed E-state index contributed by atoms with van der Waals surface area (Å²) in [7, 11) is 0. The predicted octanol–water partition coefficient (Wildman–Crippen LogP) is 8.06. The molecule has 0 amide bonds. The van der Waals surface area contributed by atoms with Crippen LogP contribution in [-0.2, 0) is 6.42 Å². The molecular formula is C32H25N3. The lowest BCUT2D eigenvalue weighted by Gasteiger charge is -2.25. The summed E-state index contributed by atoms with van der Waals surface area (Å²) in [5.74, 6) is 0. The largest absolute Gasteiger partial charge is 0.311 e. The van der Waals surface area contributed by atoms with Gasteiger partial charge in [0, 0.05) is 35.2 Å². The van der Waals surface area contributed by atoms with Crippen molar-refractivity contribution in [1.82, 2.24) is 9.38 Å². The van der Waals surface area contributed by atoms with Crippen molar-refractivity contribution in [3.8, 4) is 11.3 Å². The first-order valence-electron chi connectivity index (χ1n) is 11.9. The van der Waals surface area contributed by atoms with Gasteiger partial charge in [-0.2, -0.15) is 0 Å². The maximum Gasteiger partial charge on any atom is 0.137 e. The number of anilines is 3. The van der Waals surface area contributed by atoms with Crippen molar-refractivity contribution >= 4 is 22.7 Å². The lowest BCUT2D eigenvalue weighted by atomic mass is 10.0. The van der Waals surface area contributed by atoms with E-state index in [1.807, 2.05) is 18.2 Å². The number of aromatic nitrogens is 2. The van der Waals surface area contributed by atoms with Gasteiger partial charge in [-0.1, -0.05) is 84.9 Å². The molecule has 0 aliphatic carbocycles. The summed E-state index contributed by atoms with van der Waals surface area (Å²) >= 11 is 0. The molecule has 0 aliphatic rings. The van der Waals surface area contributed by atoms with Crippen LogP contribution in [0.2, 0.25) is 0 Å². The van der Waals surface area contributed by atoms with Gasteiger partial charge in [0.1, 0.15) is 5.65 Å². The molecule has 6 rings (SSSR count). The van der Waals surface area contributed by atoms with E-state index in [9.17, 15) is 0 Å². The molecule has 3 nitrogen and oxygen atoms in total. The average molecular weight is 452 g/mol. The molecule has 4 aromatic carbocycles. The molecule has 0 radical (unpaired) electrons. The highest BCUT2D eigenvalue weighted by atomic mass is 15.1. The Balaban J connectivity index is 1.42. The monoisotopic (exact) mass is 451 g/mol. The molecule has 0 fully saturated rings. The first-order valence-corrected chi connectivity index (χ1v) is 11.9. The summed E-state index contributed by atoms with van der Waals surface area (Å²) < 4.78 is 2.20. The quantitative estimate of drug-likeness (QED) is 0.255. The van der Waals surface area contributed by atoms with E-state index in [4.69, 9.17) is 4.98 Å². The van der Waals surface area contributed by atoms with Crippen molar-refractivity contribution < 1.29 is 0 Å². The van der Waals surface area contributed by atoms with Crippen molar-refractivity contribution in [2.24, 2.45) is 0 Å². The summed E-state index contributed by atoms with van der Waals surface area (Å²) in [6.07, 6.45) is 2.92. The second-order valence-electron chi connectivity index (χ2n) is 8.55. The van der Waals surface area contributed by atoms with Crippen LogP contribution < -0.4 is 4.90 Å². The third kappa shape index (κ3) is 4.20. The molecule has 2 aromatic heterocycles. The maximum atomic E-state index is 5.02. The highest BCUT2D eigenvalue weighted by Gasteiger charge is 2.16. The van der Waals surface area contributed by atoms with E-state index in [1.54, 1.807) is 0 Å². The highest BCUT2D eigenvalue weighted by molar-refractivity contribution is 5.78. The summed E-state index contributed by atoms with van der Waals surface area (Å²) in [4.78, 5) is 7.30. The van der Waals surface area contributed by atoms with Crippen molar-refractivity contribution in [1.29, 1.82) is 0 Å². The fourth-order valence-corrected chi connectivity index (χ4v) is 4.61. The van der Waals surface area contributed by atoms with Crippen molar-refractivity contribution in [2.45, 2.75) is 6.42 Å². The van der Waals surface area contributed by atoms with Crippen LogP contribution in [0, 0.1) is 0 Å². The van der Waals surface area contributed by atoms with Crippen LogP contribution in [0.4, 0.5) is 17.1 Å². The Labute approximate surface area is 205 Å². The summed E-state index contributed by atoms with van der Waals surface area (Å²) in [5, 5.41) is 0. The minimum Gasteiger partial charge on any atom is -0.311 e. The van der Waals surface area contributed by atoms with Crippen molar-refractivity contribution in [2.75, 3.05) is 4.90 Å². The molecule has 3 heteroatoms. The molecule has 168 valence electrons. The Kier molecular flexibility index (Phi) is 5.57. The molecule has 0 spiro atoms. The van der Waals surface area contributed by atoms with Gasteiger partial charge in [-0.25, -0.2) is 4.98 Å². The van der Waals surface area contributed by atoms with Crippen LogP contribution in [0.3, 0.4) is 0 Å². The van der Waals surface area contributed by atoms with E-state index >= 15 is 0 Å². The van der Waals surface area contributed by atoms with E-state index in [0.29, 0.717) is 0 Å². The minimum absolute atomic E-state index is 0.823. The fourth-order valence-electron chi connectivity index (χ4n) is 4.61. The van der Waals surface area contributed by atoms with Crippen LogP contribution in [0.15, 0.2) is 140 Å². The zero-order chi connectivity index (χ0) is 23.5. The number of imidazole rings is 1. The average Bonchev–Trinajstić information content (AvgIpc) is 3.29. The van der Waals surface area contributed by atoms with Crippen LogP contribution in [0.25, 0.3) is 16.9 Å². The summed E-state index contributed by atoms with van der Waals surface area (Å²) in [6.45, 7) is 0. The minimum atomic E-state index is 0.823. The van der Waals surface area contributed by atoms with Crippen LogP contribution in [0.5, 0.6) is 0 Å². The van der Waals surface area contributed by atoms with Crippen molar-refractivity contribution in [3.05, 3.63) is 151 Å². The van der Waals surface area contributed by atoms with Crippen molar-refractivity contribution in [3.63, 3.8) is 0 Å². The molecule has 0 atom stereocenters. The second-order valence-corrected chi connectivity index (χ2v) is 8.55. The van der Waals surface area contributed by atoms with Crippen LogP contribution in [0.1, 0.15) is 11.3 Å². The standard InChI is InChI=1S/C32H25N3/c1-4-12-25(13-5-1)24-30-32(33-31-18-10-11-23-34(30)31)26-19-21-29(22-20-26)35(27-14-6-2-7-15-27)28-16-8-3-9-17-28/h1-23H,24H2. The topological polar surface area (TPSA) is 20.5 Å². The zero-order valence-electron chi connectivity index (χ0n) is 19.3. The SMILES string of the molecule is c1ccc(Cc2c(-c3ccc(N(c4ccccc4)c4ccccc4)cc3)nc3ccccn23)cc1. The molecule has 35 heavy (non-hydrogen) atoms. The number of para-hydroxylation sites is 2. The van der Waals surface area contributed by atoms with E-state index < -0.39 is 0 Å². The second kappa shape index (κ2) is 9.32. The van der Waals surface area contributed by atoms with E-state index in [1.165, 1.54) is 11.3 Å². The van der Waals surface area contributed by atoms with Gasteiger partial charge in [0.25, 0.3) is 0 Å². The van der Waals surface area contributed by atoms with E-state index in [2.05, 4.69) is 131 Å². The molecule has 0 saturated heterocycles. The number of fused-ring (bicyclic) bond motifs is 1. The first-order chi connectivity index (χ1) is 17.4. The summed E-state index contributed by atoms with van der Waals surface area (Å²) in [6, 6.07) is 46.5. The third-order valence-corrected chi connectivity index (χ3v) is 6.27. The number of pyridine rings is 1. The van der Waals surface area contributed by atoms with Gasteiger partial charge in [0.15, 0.2) is 0 Å². The van der Waals surface area contributed by atoms with Gasteiger partial charge in [0.2, 0.25) is 0 Å². The van der Waals surface area contributed by atoms with Crippen LogP contribution in [-0.4, -0.2) is 9.38 Å². The third-order valence-electron chi connectivity index (χ3n) is 6.27. The number of benzene rings is 4. The number of hydrogen-bond donors (Lipinski definition) is 0. The van der Waals surface area contributed by atoms with Gasteiger partial charge in [-0.05, 0) is 54.1 Å². The van der Waals surface area contributed by atoms with Gasteiger partial charge in [-0.3, -0.25) is 0 Å². The lowest BCUT2D eigenvalue weighted by Crippen LogP contribution is -2.09. The Morgan fingerprint density at radius 2 is 1.09 bits per heavy atom. The number of hydrogen-bond acceptors (Lipinski definition) is 2. The zero-order valence-corrected chi connectivity index (χ0v) is 19.3. The fraction of sp³-hybridized carbons (Fsp3) is 0.0312. The Hall–Kier alpha value is -4.63. The Morgan fingerprint density at radius 1 is 0.543 bits per heavy atom. The Bertz CT molecular complexity index is 1500. The first kappa shape index (κ1) is 20.9. The molecule has 0 saturated carbocycles. The molecule has 0 unspecified atom stereocenters.